The number of phenolic OH excluding ortho intramolecular Hbond substituents is 2. The topological polar surface area (TPSA) is 236 Å². The van der Waals surface area contributed by atoms with Crippen molar-refractivity contribution in [3.05, 3.63) is 142 Å². The third-order valence-corrected chi connectivity index (χ3v) is 19.7. The van der Waals surface area contributed by atoms with E-state index in [0.29, 0.717) is 133 Å². The number of hydrogen-bond acceptors (Lipinski definition) is 16. The number of fused-ring (bicyclic) bond motifs is 18. The molecule has 21 heteroatoms. The maximum atomic E-state index is 12.9. The summed E-state index contributed by atoms with van der Waals surface area (Å²) < 4.78 is 57.5. The van der Waals surface area contributed by atoms with Crippen molar-refractivity contribution in [3.63, 3.8) is 0 Å². The van der Waals surface area contributed by atoms with Crippen LogP contribution in [0.1, 0.15) is 48.9 Å². The number of benzene rings is 8. The predicted molar refractivity (Wildman–Crippen MR) is 294 cm³/mol. The summed E-state index contributed by atoms with van der Waals surface area (Å²) in [7, 11) is -4.57. The molecule has 4 aliphatic heterocycles. The molecule has 77 heavy (non-hydrogen) atoms. The second kappa shape index (κ2) is 18.0. The first-order valence-corrected chi connectivity index (χ1v) is 29.3. The summed E-state index contributed by atoms with van der Waals surface area (Å²) in [6, 6.07) is 32.4. The van der Waals surface area contributed by atoms with Crippen molar-refractivity contribution in [2.24, 2.45) is 30.0 Å². The summed E-state index contributed by atoms with van der Waals surface area (Å²) in [6.07, 6.45) is 1.58. The Kier molecular flexibility index (Phi) is 11.1. The summed E-state index contributed by atoms with van der Waals surface area (Å²) in [5.41, 5.74) is 3.03. The van der Waals surface area contributed by atoms with E-state index in [1.807, 2.05) is 90.0 Å². The maximum absolute atomic E-state index is 12.9. The molecule has 14 rings (SSSR count). The van der Waals surface area contributed by atoms with Crippen LogP contribution in [0, 0.1) is 11.8 Å². The first-order valence-electron chi connectivity index (χ1n) is 24.2. The minimum absolute atomic E-state index is 0.00560. The van der Waals surface area contributed by atoms with Crippen LogP contribution in [0.2, 0.25) is 0 Å². The van der Waals surface area contributed by atoms with Crippen LogP contribution in [0.3, 0.4) is 0 Å². The molecule has 6 bridgehead atoms. The molecule has 375 valence electrons. The molecule has 0 spiro atoms. The van der Waals surface area contributed by atoms with Crippen molar-refractivity contribution in [2.45, 2.75) is 36.5 Å². The molecule has 2 aromatic heterocycles. The molecule has 0 unspecified atom stereocenters. The van der Waals surface area contributed by atoms with E-state index in [1.165, 1.54) is 12.1 Å². The van der Waals surface area contributed by atoms with Crippen LogP contribution >= 0.6 is 12.0 Å². The summed E-state index contributed by atoms with van der Waals surface area (Å²) in [4.78, 5) is 32.8. The number of unbranched alkanes of at least 4 members (excludes halogenated alkanes) is 1. The standard InChI is InChI=1S/C56H36N8O10S2.In/c1-3-5-19-71-47-35-13-9-7-11-33(35)45(65)41-43(47)55-61-51-39-25-29-21-31(75-74-73-67)17-15-27(29)23-37(39)49(57-51)59-53-42-44(48(72-20-6-4-2)36-14-10-8-12-34(36)46(42)66)56(64-53)62-52-40-26-30-22-32(76(68,69)70)18-16-28(30)24-38(40)50(58-52)60-54(41)63-55;/h7-18,21-26H,4,6,19-20H2,1-2H3,(H4-2,57,58,59,60,61,62,63,64,65,66,67,68,69,70);/q-2;+2. The fraction of sp³-hybridized carbons (Fsp3) is 0.107. The number of rotatable bonds is 10. The SMILES string of the molecule is CC#CCOc1c2ccccc2c(O)c2c3[n]4c(c12)N=C1N=C(N=c2c5c(O)c6ccccc6c(OCCCC)c5c([n]2[In]4)=NC2=NC(=N3)c3cc4ccc(S(=O)(=O)O)cc4cc32)c2cc3ccc(SOOO)cc3cc21. The van der Waals surface area contributed by atoms with Gasteiger partial charge in [-0.15, -0.1) is 0 Å². The normalized spacial score (nSPS) is 14.0. The Balaban J connectivity index is 1.21. The molecule has 4 N–H and O–H groups in total. The summed E-state index contributed by atoms with van der Waals surface area (Å²) in [5, 5.41) is 45.3. The van der Waals surface area contributed by atoms with E-state index in [-0.39, 0.29) is 34.7 Å². The molecule has 4 aliphatic rings. The Bertz CT molecular complexity index is 4820. The van der Waals surface area contributed by atoms with Crippen LogP contribution in [0.4, 0.5) is 11.6 Å². The molecule has 0 atom stereocenters. The van der Waals surface area contributed by atoms with Crippen molar-refractivity contribution in [1.29, 1.82) is 0 Å². The average Bonchev–Trinajstić information content (AvgIpc) is 4.33. The van der Waals surface area contributed by atoms with Crippen molar-refractivity contribution in [1.82, 2.24) is 5.11 Å². The van der Waals surface area contributed by atoms with Gasteiger partial charge in [0.15, 0.2) is 0 Å². The molecular formula is C56H36InN8O10S2. The third-order valence-electron chi connectivity index (χ3n) is 14.1. The summed E-state index contributed by atoms with van der Waals surface area (Å²) in [6.45, 7) is 4.16. The first-order chi connectivity index (χ1) is 37.5. The molecule has 0 saturated heterocycles. The van der Waals surface area contributed by atoms with Crippen molar-refractivity contribution in [3.8, 4) is 34.8 Å². The van der Waals surface area contributed by atoms with Gasteiger partial charge in [-0.1, -0.05) is 0 Å². The van der Waals surface area contributed by atoms with E-state index in [4.69, 9.17) is 49.0 Å². The van der Waals surface area contributed by atoms with Gasteiger partial charge in [-0.25, -0.2) is 5.26 Å². The Hall–Kier alpha value is -8.07. The number of aromatic nitrogens is 2. The minimum atomic E-state index is -4.57. The zero-order chi connectivity index (χ0) is 52.4. The van der Waals surface area contributed by atoms with Gasteiger partial charge in [0.25, 0.3) is 0 Å². The number of nitrogens with zero attached hydrogens (tertiary/aromatic N) is 8. The van der Waals surface area contributed by atoms with Crippen molar-refractivity contribution < 1.29 is 47.3 Å². The quantitative estimate of drug-likeness (QED) is 0.0251. The van der Waals surface area contributed by atoms with E-state index in [1.54, 1.807) is 19.1 Å². The van der Waals surface area contributed by atoms with Crippen molar-refractivity contribution in [2.75, 3.05) is 13.2 Å². The zero-order valence-corrected chi connectivity index (χ0v) is 45.4. The van der Waals surface area contributed by atoms with Crippen LogP contribution in [0.15, 0.2) is 149 Å². The molecule has 0 fully saturated rings. The van der Waals surface area contributed by atoms with Gasteiger partial charge in [-0.05, 0) is 0 Å². The van der Waals surface area contributed by atoms with Gasteiger partial charge in [0.2, 0.25) is 0 Å². The van der Waals surface area contributed by atoms with Crippen LogP contribution < -0.4 is 20.4 Å². The number of aromatic hydroxyl groups is 2. The monoisotopic (exact) mass is 1160 g/mol. The summed E-state index contributed by atoms with van der Waals surface area (Å²) >= 11 is -2.11. The molecular weight excluding hydrogens is 1120 g/mol. The Morgan fingerprint density at radius 3 is 1.77 bits per heavy atom. The number of amidine groups is 4. The van der Waals surface area contributed by atoms with E-state index in [2.05, 4.69) is 23.8 Å². The van der Waals surface area contributed by atoms with Gasteiger partial charge in [0.05, 0.1) is 0 Å². The number of ether oxygens (including phenoxy) is 2. The Labute approximate surface area is 451 Å². The van der Waals surface area contributed by atoms with E-state index in [9.17, 15) is 23.2 Å². The fourth-order valence-electron chi connectivity index (χ4n) is 10.6. The van der Waals surface area contributed by atoms with Gasteiger partial charge >= 0.3 is 449 Å². The van der Waals surface area contributed by atoms with Crippen LogP contribution in [0.25, 0.3) is 64.6 Å². The predicted octanol–water partition coefficient (Wildman–Crippen LogP) is 9.75. The second-order valence-electron chi connectivity index (χ2n) is 18.5. The van der Waals surface area contributed by atoms with Gasteiger partial charge < -0.3 is 0 Å². The average molecular weight is 1160 g/mol. The summed E-state index contributed by atoms with van der Waals surface area (Å²) in [5.74, 6) is 8.45. The Morgan fingerprint density at radius 1 is 0.610 bits per heavy atom. The molecule has 0 amide bonds. The van der Waals surface area contributed by atoms with E-state index < -0.39 is 33.6 Å². The number of aliphatic imine (C=N–C) groups is 4. The molecule has 8 aromatic carbocycles. The van der Waals surface area contributed by atoms with Crippen molar-refractivity contribution >= 4 is 145 Å². The van der Waals surface area contributed by atoms with Crippen LogP contribution in [-0.2, 0) is 19.5 Å². The van der Waals surface area contributed by atoms with E-state index in [0.717, 1.165) is 35.7 Å². The second-order valence-corrected chi connectivity index (χ2v) is 24.3. The van der Waals surface area contributed by atoms with E-state index >= 15 is 0 Å². The van der Waals surface area contributed by atoms with Gasteiger partial charge in [0.1, 0.15) is 0 Å². The molecule has 1 radical (unpaired) electrons. The van der Waals surface area contributed by atoms with Gasteiger partial charge in [0, 0.05) is 0 Å². The van der Waals surface area contributed by atoms with Gasteiger partial charge in [-0.3, -0.25) is 0 Å². The molecule has 10 aromatic rings. The number of hydrogen-bond donors (Lipinski definition) is 4. The number of phenols is 2. The first kappa shape index (κ1) is 47.4. The third kappa shape index (κ3) is 7.39. The zero-order valence-electron chi connectivity index (χ0n) is 40.4. The van der Waals surface area contributed by atoms with Crippen LogP contribution in [0.5, 0.6) is 23.0 Å². The van der Waals surface area contributed by atoms with Gasteiger partial charge in [-0.2, -0.15) is 0 Å². The molecule has 18 nitrogen and oxygen atoms in total. The Morgan fingerprint density at radius 2 is 1.16 bits per heavy atom. The van der Waals surface area contributed by atoms with Crippen LogP contribution in [-0.4, -0.2) is 93.6 Å². The molecule has 0 saturated carbocycles. The fourth-order valence-corrected chi connectivity index (χ4v) is 15.6. The molecule has 6 heterocycles. The molecule has 0 aliphatic carbocycles.